The highest BCUT2D eigenvalue weighted by atomic mass is 16.2. The molecule has 8 nitrogen and oxygen atoms in total. The van der Waals surface area contributed by atoms with Crippen LogP contribution in [-0.4, -0.2) is 52.2 Å². The summed E-state index contributed by atoms with van der Waals surface area (Å²) in [7, 11) is 3.35. The van der Waals surface area contributed by atoms with E-state index in [4.69, 9.17) is 0 Å². The number of rotatable bonds is 4. The Hall–Kier alpha value is -2.90. The van der Waals surface area contributed by atoms with Crippen LogP contribution in [0.1, 0.15) is 18.1 Å². The van der Waals surface area contributed by atoms with E-state index < -0.39 is 0 Å². The molecule has 0 aliphatic carbocycles. The number of anilines is 2. The number of fused-ring (bicyclic) bond motifs is 1. The third-order valence-corrected chi connectivity index (χ3v) is 4.24. The van der Waals surface area contributed by atoms with Crippen LogP contribution < -0.4 is 10.2 Å². The second-order valence-corrected chi connectivity index (χ2v) is 6.20. The van der Waals surface area contributed by atoms with Crippen molar-refractivity contribution >= 4 is 23.6 Å². The number of nitrogens with zero attached hydrogens (tertiary/aromatic N) is 5. The van der Waals surface area contributed by atoms with Crippen molar-refractivity contribution in [3.05, 3.63) is 35.7 Å². The molecule has 132 valence electrons. The van der Waals surface area contributed by atoms with Crippen molar-refractivity contribution in [1.82, 2.24) is 19.7 Å². The number of hydrogen-bond donors (Lipinski definition) is 1. The van der Waals surface area contributed by atoms with Crippen LogP contribution in [0.15, 0.2) is 24.5 Å². The van der Waals surface area contributed by atoms with Crippen LogP contribution in [0.25, 0.3) is 0 Å². The molecule has 0 atom stereocenters. The van der Waals surface area contributed by atoms with Gasteiger partial charge in [0.1, 0.15) is 12.9 Å². The number of hydrogen-bond acceptors (Lipinski definition) is 4. The van der Waals surface area contributed by atoms with Crippen LogP contribution in [0, 0.1) is 0 Å². The first kappa shape index (κ1) is 16.9. The van der Waals surface area contributed by atoms with Crippen LogP contribution >= 0.6 is 0 Å². The van der Waals surface area contributed by atoms with E-state index in [0.29, 0.717) is 6.54 Å². The molecule has 1 aliphatic heterocycles. The second-order valence-electron chi connectivity index (χ2n) is 6.20. The average Bonchev–Trinajstić information content (AvgIpc) is 3.20. The lowest BCUT2D eigenvalue weighted by Gasteiger charge is -2.17. The van der Waals surface area contributed by atoms with Crippen LogP contribution in [0.4, 0.5) is 16.4 Å². The lowest BCUT2D eigenvalue weighted by molar-refractivity contribution is -0.129. The summed E-state index contributed by atoms with van der Waals surface area (Å²) in [5, 5.41) is 6.82. The Kier molecular flexibility index (Phi) is 4.69. The molecule has 0 fully saturated rings. The summed E-state index contributed by atoms with van der Waals surface area (Å²) in [5.41, 5.74) is 3.38. The fraction of sp³-hybridized carbons (Fsp3) is 0.412. The summed E-state index contributed by atoms with van der Waals surface area (Å²) in [6.07, 6.45) is 3.25. The Balaban J connectivity index is 1.66. The molecule has 0 radical (unpaired) electrons. The normalized spacial score (nSPS) is 12.8. The van der Waals surface area contributed by atoms with E-state index in [-0.39, 0.29) is 24.4 Å². The smallest absolute Gasteiger partial charge is 0.328 e. The van der Waals surface area contributed by atoms with Gasteiger partial charge in [-0.25, -0.2) is 14.5 Å². The van der Waals surface area contributed by atoms with Gasteiger partial charge in [0.15, 0.2) is 0 Å². The number of likely N-dealkylation sites (N-methyl/N-ethyl adjacent to an activating group) is 1. The SMILES string of the molecule is CCc1ccc2c(c1)CCN2C(=O)Nc1ncn(CC(=O)N(C)C)n1. The molecule has 0 saturated carbocycles. The molecular formula is C17H22N6O2. The minimum Gasteiger partial charge on any atom is -0.347 e. The zero-order valence-electron chi connectivity index (χ0n) is 14.7. The Morgan fingerprint density at radius 2 is 2.12 bits per heavy atom. The van der Waals surface area contributed by atoms with Crippen molar-refractivity contribution in [3.8, 4) is 0 Å². The highest BCUT2D eigenvalue weighted by molar-refractivity contribution is 6.02. The summed E-state index contributed by atoms with van der Waals surface area (Å²) >= 11 is 0. The van der Waals surface area contributed by atoms with Crippen molar-refractivity contribution in [2.45, 2.75) is 26.3 Å². The first-order valence-corrected chi connectivity index (χ1v) is 8.28. The molecule has 8 heteroatoms. The van der Waals surface area contributed by atoms with Gasteiger partial charge in [0.25, 0.3) is 0 Å². The summed E-state index contributed by atoms with van der Waals surface area (Å²) in [6, 6.07) is 5.93. The Bertz CT molecular complexity index is 798. The molecule has 25 heavy (non-hydrogen) atoms. The number of urea groups is 1. The van der Waals surface area contributed by atoms with Gasteiger partial charge in [-0.3, -0.25) is 15.0 Å². The van der Waals surface area contributed by atoms with Gasteiger partial charge in [-0.15, -0.1) is 5.10 Å². The minimum absolute atomic E-state index is 0.0855. The third kappa shape index (κ3) is 3.62. The van der Waals surface area contributed by atoms with Crippen LogP contribution in [0.2, 0.25) is 0 Å². The quantitative estimate of drug-likeness (QED) is 0.913. The van der Waals surface area contributed by atoms with E-state index >= 15 is 0 Å². The summed E-state index contributed by atoms with van der Waals surface area (Å²) < 4.78 is 1.41. The zero-order chi connectivity index (χ0) is 18.0. The number of carbonyl (C=O) groups is 2. The molecule has 3 amide bonds. The van der Waals surface area contributed by atoms with Gasteiger partial charge in [0, 0.05) is 26.3 Å². The fourth-order valence-corrected chi connectivity index (χ4v) is 2.76. The van der Waals surface area contributed by atoms with Gasteiger partial charge in [0.2, 0.25) is 11.9 Å². The first-order chi connectivity index (χ1) is 12.0. The number of nitrogens with one attached hydrogen (secondary N) is 1. The molecule has 2 aromatic rings. The zero-order valence-corrected chi connectivity index (χ0v) is 14.7. The van der Waals surface area contributed by atoms with Gasteiger partial charge in [-0.2, -0.15) is 0 Å². The lowest BCUT2D eigenvalue weighted by atomic mass is 10.1. The Morgan fingerprint density at radius 3 is 2.84 bits per heavy atom. The molecule has 0 bridgehead atoms. The molecule has 1 N–H and O–H groups in total. The van der Waals surface area contributed by atoms with E-state index in [2.05, 4.69) is 28.4 Å². The predicted octanol–water partition coefficient (Wildman–Crippen LogP) is 1.52. The van der Waals surface area contributed by atoms with Crippen molar-refractivity contribution in [3.63, 3.8) is 0 Å². The number of aryl methyl sites for hydroxylation is 1. The average molecular weight is 342 g/mol. The third-order valence-electron chi connectivity index (χ3n) is 4.24. The van der Waals surface area contributed by atoms with Gasteiger partial charge >= 0.3 is 6.03 Å². The highest BCUT2D eigenvalue weighted by Crippen LogP contribution is 2.29. The van der Waals surface area contributed by atoms with Crippen molar-refractivity contribution < 1.29 is 9.59 Å². The van der Waals surface area contributed by atoms with E-state index in [1.165, 1.54) is 27.0 Å². The largest absolute Gasteiger partial charge is 0.347 e. The van der Waals surface area contributed by atoms with Gasteiger partial charge in [-0.05, 0) is 30.0 Å². The van der Waals surface area contributed by atoms with Crippen LogP contribution in [-0.2, 0) is 24.2 Å². The number of aromatic nitrogens is 3. The van der Waals surface area contributed by atoms with Gasteiger partial charge in [0.05, 0.1) is 0 Å². The molecular weight excluding hydrogens is 320 g/mol. The maximum atomic E-state index is 12.5. The number of carbonyl (C=O) groups excluding carboxylic acids is 2. The van der Waals surface area contributed by atoms with Gasteiger partial charge < -0.3 is 4.90 Å². The number of benzene rings is 1. The molecule has 0 spiro atoms. The summed E-state index contributed by atoms with van der Waals surface area (Å²) in [6.45, 7) is 2.83. The molecule has 1 aliphatic rings. The second kappa shape index (κ2) is 6.92. The molecule has 2 heterocycles. The molecule has 0 saturated heterocycles. The highest BCUT2D eigenvalue weighted by Gasteiger charge is 2.25. The maximum Gasteiger partial charge on any atom is 0.328 e. The van der Waals surface area contributed by atoms with E-state index in [9.17, 15) is 9.59 Å². The minimum atomic E-state index is -0.264. The van der Waals surface area contributed by atoms with E-state index in [1.807, 2.05) is 12.1 Å². The molecule has 3 rings (SSSR count). The summed E-state index contributed by atoms with van der Waals surface area (Å²) in [4.78, 5) is 31.4. The monoisotopic (exact) mass is 342 g/mol. The van der Waals surface area contributed by atoms with E-state index in [0.717, 1.165) is 18.5 Å². The van der Waals surface area contributed by atoms with Crippen molar-refractivity contribution in [1.29, 1.82) is 0 Å². The Labute approximate surface area is 146 Å². The van der Waals surface area contributed by atoms with Crippen molar-refractivity contribution in [2.75, 3.05) is 30.9 Å². The predicted molar refractivity (Wildman–Crippen MR) is 94.6 cm³/mol. The Morgan fingerprint density at radius 1 is 1.32 bits per heavy atom. The lowest BCUT2D eigenvalue weighted by Crippen LogP contribution is -2.33. The standard InChI is InChI=1S/C17H22N6O2/c1-4-12-5-6-14-13(9-12)7-8-23(14)17(25)19-16-18-11-22(20-16)10-15(24)21(2)3/h5-6,9,11H,4,7-8,10H2,1-3H3,(H,19,20,25). The first-order valence-electron chi connectivity index (χ1n) is 8.28. The molecule has 0 unspecified atom stereocenters. The maximum absolute atomic E-state index is 12.5. The number of amides is 3. The fourth-order valence-electron chi connectivity index (χ4n) is 2.76. The molecule has 1 aromatic carbocycles. The molecule has 1 aromatic heterocycles. The van der Waals surface area contributed by atoms with E-state index in [1.54, 1.807) is 19.0 Å². The van der Waals surface area contributed by atoms with Crippen molar-refractivity contribution in [2.24, 2.45) is 0 Å². The summed E-state index contributed by atoms with van der Waals surface area (Å²) in [5.74, 6) is 0.0955. The van der Waals surface area contributed by atoms with Crippen LogP contribution in [0.5, 0.6) is 0 Å². The van der Waals surface area contributed by atoms with Crippen LogP contribution in [0.3, 0.4) is 0 Å². The van der Waals surface area contributed by atoms with Gasteiger partial charge in [-0.1, -0.05) is 19.1 Å². The topological polar surface area (TPSA) is 83.4 Å².